The molecule has 0 radical (unpaired) electrons. The van der Waals surface area contributed by atoms with Gasteiger partial charge in [-0.3, -0.25) is 10.2 Å². The predicted octanol–water partition coefficient (Wildman–Crippen LogP) is 4.76. The zero-order valence-corrected chi connectivity index (χ0v) is 24.9. The van der Waals surface area contributed by atoms with Gasteiger partial charge in [-0.15, -0.1) is 0 Å². The number of ether oxygens (including phenoxy) is 4. The van der Waals surface area contributed by atoms with E-state index < -0.39 is 23.0 Å². The molecule has 3 aromatic rings. The summed E-state index contributed by atoms with van der Waals surface area (Å²) >= 11 is 0. The van der Waals surface area contributed by atoms with Crippen LogP contribution in [0.3, 0.4) is 0 Å². The van der Waals surface area contributed by atoms with Gasteiger partial charge < -0.3 is 23.8 Å². The van der Waals surface area contributed by atoms with Crippen LogP contribution in [-0.2, 0) is 26.3 Å². The van der Waals surface area contributed by atoms with Crippen molar-refractivity contribution in [1.29, 1.82) is 0 Å². The lowest BCUT2D eigenvalue weighted by molar-refractivity contribution is -0.124. The third-order valence-corrected chi connectivity index (χ3v) is 6.71. The van der Waals surface area contributed by atoms with Crippen molar-refractivity contribution in [3.8, 4) is 11.5 Å². The van der Waals surface area contributed by atoms with Crippen molar-refractivity contribution in [1.82, 2.24) is 15.8 Å². The fraction of sp³-hybridized carbons (Fsp3) is 0.406. The molecule has 42 heavy (non-hydrogen) atoms. The molecule has 1 aliphatic rings. The number of benzene rings is 2. The summed E-state index contributed by atoms with van der Waals surface area (Å²) < 4.78 is 22.5. The molecule has 2 N–H and O–H groups in total. The summed E-state index contributed by atoms with van der Waals surface area (Å²) in [5, 5.41) is 0. The molecular formula is C32H40N4O6. The first-order chi connectivity index (χ1) is 20.0. The van der Waals surface area contributed by atoms with Gasteiger partial charge in [-0.05, 0) is 56.7 Å². The number of hydrogen-bond donors (Lipinski definition) is 2. The van der Waals surface area contributed by atoms with Crippen LogP contribution in [0, 0.1) is 0 Å². The minimum Gasteiger partial charge on any atom is -0.487 e. The van der Waals surface area contributed by atoms with Crippen LogP contribution >= 0.6 is 0 Å². The highest BCUT2D eigenvalue weighted by atomic mass is 16.6. The molecule has 10 heteroatoms. The molecule has 2 amide bonds. The molecule has 1 aliphatic heterocycles. The maximum absolute atomic E-state index is 12.3. The minimum atomic E-state index is -0.748. The fourth-order valence-electron chi connectivity index (χ4n) is 4.51. The molecule has 0 atom stereocenters. The van der Waals surface area contributed by atoms with E-state index in [2.05, 4.69) is 29.6 Å². The van der Waals surface area contributed by atoms with E-state index in [1.54, 1.807) is 20.8 Å². The van der Waals surface area contributed by atoms with E-state index in [1.165, 1.54) is 0 Å². The third-order valence-electron chi connectivity index (χ3n) is 6.71. The molecule has 0 spiro atoms. The average Bonchev–Trinajstić information content (AvgIpc) is 2.98. The second kappa shape index (κ2) is 13.6. The van der Waals surface area contributed by atoms with Crippen LogP contribution in [0.2, 0.25) is 0 Å². The molecule has 10 nitrogen and oxygen atoms in total. The van der Waals surface area contributed by atoms with Gasteiger partial charge in [0.25, 0.3) is 5.91 Å². The minimum absolute atomic E-state index is 0.281. The number of morpholine rings is 1. The normalized spacial score (nSPS) is 13.7. The van der Waals surface area contributed by atoms with Gasteiger partial charge >= 0.3 is 6.09 Å². The predicted molar refractivity (Wildman–Crippen MR) is 160 cm³/mol. The molecule has 0 aliphatic carbocycles. The first-order valence-electron chi connectivity index (χ1n) is 14.0. The lowest BCUT2D eigenvalue weighted by atomic mass is 9.77. The van der Waals surface area contributed by atoms with Crippen LogP contribution in [0.1, 0.15) is 51.4 Å². The van der Waals surface area contributed by atoms with Crippen molar-refractivity contribution in [3.05, 3.63) is 83.6 Å². The van der Waals surface area contributed by atoms with Crippen molar-refractivity contribution in [3.63, 3.8) is 0 Å². The Labute approximate surface area is 247 Å². The smallest absolute Gasteiger partial charge is 0.426 e. The number of hydrogen-bond acceptors (Lipinski definition) is 8. The highest BCUT2D eigenvalue weighted by Gasteiger charge is 2.27. The molecule has 1 aromatic heterocycles. The Morgan fingerprint density at radius 1 is 0.881 bits per heavy atom. The Morgan fingerprint density at radius 3 is 2.31 bits per heavy atom. The number of carbonyl (C=O) groups excluding carboxylic acids is 2. The zero-order valence-electron chi connectivity index (χ0n) is 24.9. The number of amides is 2. The summed E-state index contributed by atoms with van der Waals surface area (Å²) in [4.78, 5) is 31.0. The molecule has 2 aromatic carbocycles. The van der Waals surface area contributed by atoms with Crippen LogP contribution in [0.25, 0.3) is 0 Å². The molecule has 0 bridgehead atoms. The number of nitrogens with zero attached hydrogens (tertiary/aromatic N) is 2. The van der Waals surface area contributed by atoms with E-state index in [9.17, 15) is 9.59 Å². The third kappa shape index (κ3) is 8.59. The first-order valence-corrected chi connectivity index (χ1v) is 14.0. The Hall–Kier alpha value is -4.31. The van der Waals surface area contributed by atoms with E-state index in [-0.39, 0.29) is 6.61 Å². The SMILES string of the molecule is CC(C)(C)OC(=O)NNC(=O)COc1ccccc1C(C)(C)c1ccc(OCc2cccc(N3CCOCC3)n2)cc1. The number of rotatable bonds is 9. The monoisotopic (exact) mass is 576 g/mol. The molecule has 2 heterocycles. The number of pyridine rings is 1. The van der Waals surface area contributed by atoms with Gasteiger partial charge in [0.05, 0.1) is 18.9 Å². The van der Waals surface area contributed by atoms with E-state index >= 15 is 0 Å². The number of nitrogens with one attached hydrogen (secondary N) is 2. The number of aromatic nitrogens is 1. The van der Waals surface area contributed by atoms with Gasteiger partial charge in [-0.2, -0.15) is 0 Å². The number of anilines is 1. The van der Waals surface area contributed by atoms with Gasteiger partial charge in [-0.1, -0.05) is 50.2 Å². The topological polar surface area (TPSA) is 111 Å². The van der Waals surface area contributed by atoms with Crippen molar-refractivity contribution in [2.24, 2.45) is 0 Å². The lowest BCUT2D eigenvalue weighted by Gasteiger charge is -2.28. The van der Waals surface area contributed by atoms with E-state index in [4.69, 9.17) is 23.9 Å². The van der Waals surface area contributed by atoms with Crippen LogP contribution < -0.4 is 25.2 Å². The van der Waals surface area contributed by atoms with E-state index in [0.29, 0.717) is 25.6 Å². The highest BCUT2D eigenvalue weighted by molar-refractivity contribution is 5.80. The van der Waals surface area contributed by atoms with Gasteiger partial charge in [-0.25, -0.2) is 15.2 Å². The second-order valence-corrected chi connectivity index (χ2v) is 11.5. The van der Waals surface area contributed by atoms with Crippen LogP contribution in [-0.4, -0.2) is 55.5 Å². The van der Waals surface area contributed by atoms with Crippen molar-refractivity contribution in [2.75, 3.05) is 37.8 Å². The summed E-state index contributed by atoms with van der Waals surface area (Å²) in [6, 6.07) is 21.5. The number of hydrazine groups is 1. The van der Waals surface area contributed by atoms with Crippen LogP contribution in [0.15, 0.2) is 66.7 Å². The second-order valence-electron chi connectivity index (χ2n) is 11.5. The average molecular weight is 577 g/mol. The number of para-hydroxylation sites is 1. The van der Waals surface area contributed by atoms with Crippen molar-refractivity contribution in [2.45, 2.75) is 52.2 Å². The number of carbonyl (C=O) groups is 2. The quantitative estimate of drug-likeness (QED) is 0.351. The van der Waals surface area contributed by atoms with Gasteiger partial charge in [0, 0.05) is 24.1 Å². The molecule has 224 valence electrons. The summed E-state index contributed by atoms with van der Waals surface area (Å²) in [6.45, 7) is 12.6. The Kier molecular flexibility index (Phi) is 9.90. The first kappa shape index (κ1) is 30.6. The molecule has 0 unspecified atom stereocenters. The Balaban J connectivity index is 1.34. The molecule has 1 saturated heterocycles. The Bertz CT molecular complexity index is 1350. The van der Waals surface area contributed by atoms with E-state index in [0.717, 1.165) is 41.5 Å². The van der Waals surface area contributed by atoms with Gasteiger partial charge in [0.15, 0.2) is 6.61 Å². The maximum atomic E-state index is 12.3. The van der Waals surface area contributed by atoms with E-state index in [1.807, 2.05) is 66.7 Å². The largest absolute Gasteiger partial charge is 0.487 e. The molecule has 0 saturated carbocycles. The fourth-order valence-corrected chi connectivity index (χ4v) is 4.51. The van der Waals surface area contributed by atoms with Gasteiger partial charge in [0.1, 0.15) is 29.5 Å². The molecular weight excluding hydrogens is 536 g/mol. The summed E-state index contributed by atoms with van der Waals surface area (Å²) in [5.41, 5.74) is 6.24. The summed E-state index contributed by atoms with van der Waals surface area (Å²) in [7, 11) is 0. The summed E-state index contributed by atoms with van der Waals surface area (Å²) in [5.74, 6) is 1.74. The lowest BCUT2D eigenvalue weighted by Crippen LogP contribution is -2.46. The standard InChI is InChI=1S/C32H40N4O6/c1-31(2,3)42-30(38)35-34-29(37)22-41-27-11-7-6-10-26(27)32(4,5)23-13-15-25(16-14-23)40-21-24-9-8-12-28(33-24)36-17-19-39-20-18-36/h6-16H,17-22H2,1-5H3,(H,34,37)(H,35,38). The maximum Gasteiger partial charge on any atom is 0.426 e. The summed E-state index contributed by atoms with van der Waals surface area (Å²) in [6.07, 6.45) is -0.748. The molecule has 4 rings (SSSR count). The van der Waals surface area contributed by atoms with Gasteiger partial charge in [0.2, 0.25) is 0 Å². The highest BCUT2D eigenvalue weighted by Crippen LogP contribution is 2.37. The Morgan fingerprint density at radius 2 is 1.60 bits per heavy atom. The molecule has 1 fully saturated rings. The van der Waals surface area contributed by atoms with Crippen molar-refractivity contribution >= 4 is 17.8 Å². The van der Waals surface area contributed by atoms with Crippen LogP contribution in [0.4, 0.5) is 10.6 Å². The van der Waals surface area contributed by atoms with Crippen LogP contribution in [0.5, 0.6) is 11.5 Å². The zero-order chi connectivity index (χ0) is 30.2. The van der Waals surface area contributed by atoms with Crippen molar-refractivity contribution < 1.29 is 28.5 Å².